The van der Waals surface area contributed by atoms with Gasteiger partial charge in [-0.05, 0) is 12.1 Å². The van der Waals surface area contributed by atoms with Gasteiger partial charge in [-0.25, -0.2) is 4.98 Å². The van der Waals surface area contributed by atoms with Gasteiger partial charge in [0.1, 0.15) is 5.69 Å². The molecule has 0 atom stereocenters. The van der Waals surface area contributed by atoms with E-state index in [0.29, 0.717) is 30.0 Å². The molecule has 0 bridgehead atoms. The molecule has 1 aliphatic rings. The molecule has 6 heteroatoms. The van der Waals surface area contributed by atoms with Crippen LogP contribution in [0.4, 0.5) is 5.69 Å². The number of amides is 1. The van der Waals surface area contributed by atoms with E-state index in [0.717, 1.165) is 5.39 Å². The zero-order chi connectivity index (χ0) is 15.0. The van der Waals surface area contributed by atoms with Crippen LogP contribution in [0.1, 0.15) is 16.9 Å². The third kappa shape index (κ3) is 2.52. The van der Waals surface area contributed by atoms with Gasteiger partial charge in [-0.3, -0.25) is 9.59 Å². The van der Waals surface area contributed by atoms with Crippen LogP contribution in [0.25, 0.3) is 10.9 Å². The van der Waals surface area contributed by atoms with E-state index in [-0.39, 0.29) is 18.2 Å². The Balaban J connectivity index is 1.79. The molecule has 6 nitrogen and oxygen atoms in total. The van der Waals surface area contributed by atoms with Crippen LogP contribution >= 0.6 is 0 Å². The molecule has 0 unspecified atom stereocenters. The maximum Gasteiger partial charge on any atom is 0.303 e. The van der Waals surface area contributed by atoms with Crippen LogP contribution in [0.3, 0.4) is 0 Å². The van der Waals surface area contributed by atoms with Crippen molar-refractivity contribution in [3.05, 3.63) is 36.0 Å². The fourth-order valence-corrected chi connectivity index (χ4v) is 2.59. The van der Waals surface area contributed by atoms with Gasteiger partial charge in [-0.2, -0.15) is 0 Å². The second-order valence-corrected chi connectivity index (χ2v) is 5.29. The van der Waals surface area contributed by atoms with E-state index in [4.69, 9.17) is 10.8 Å². The number of nitrogen functional groups attached to an aromatic ring is 1. The number of nitrogens with two attached hydrogens (primary N) is 1. The summed E-state index contributed by atoms with van der Waals surface area (Å²) < 4.78 is 0. The van der Waals surface area contributed by atoms with Gasteiger partial charge in [0.25, 0.3) is 5.91 Å². The lowest BCUT2D eigenvalue weighted by Gasteiger charge is -2.38. The number of benzene rings is 1. The van der Waals surface area contributed by atoms with Crippen molar-refractivity contribution >= 4 is 28.5 Å². The normalized spacial score (nSPS) is 15.0. The number of fused-ring (bicyclic) bond motifs is 1. The molecule has 1 aliphatic heterocycles. The predicted octanol–water partition coefficient (Wildman–Crippen LogP) is 1.36. The molecule has 1 saturated heterocycles. The zero-order valence-electron chi connectivity index (χ0n) is 11.3. The van der Waals surface area contributed by atoms with Gasteiger partial charge in [0.2, 0.25) is 0 Å². The fourth-order valence-electron chi connectivity index (χ4n) is 2.59. The number of likely N-dealkylation sites (tertiary alicyclic amines) is 1. The van der Waals surface area contributed by atoms with E-state index in [1.807, 2.05) is 24.3 Å². The van der Waals surface area contributed by atoms with E-state index < -0.39 is 5.97 Å². The van der Waals surface area contributed by atoms with Gasteiger partial charge in [-0.1, -0.05) is 18.2 Å². The van der Waals surface area contributed by atoms with E-state index in [1.165, 1.54) is 0 Å². The molecule has 21 heavy (non-hydrogen) atoms. The van der Waals surface area contributed by atoms with E-state index in [9.17, 15) is 9.59 Å². The molecule has 0 aliphatic carbocycles. The first-order valence-corrected chi connectivity index (χ1v) is 6.71. The summed E-state index contributed by atoms with van der Waals surface area (Å²) in [6.45, 7) is 0.916. The molecule has 0 radical (unpaired) electrons. The second kappa shape index (κ2) is 5.05. The van der Waals surface area contributed by atoms with Crippen molar-refractivity contribution in [3.8, 4) is 0 Å². The first kappa shape index (κ1) is 13.4. The van der Waals surface area contributed by atoms with Crippen molar-refractivity contribution in [2.75, 3.05) is 18.8 Å². The van der Waals surface area contributed by atoms with Crippen molar-refractivity contribution in [1.82, 2.24) is 9.88 Å². The highest BCUT2D eigenvalue weighted by Crippen LogP contribution is 2.24. The quantitative estimate of drug-likeness (QED) is 0.887. The maximum absolute atomic E-state index is 12.3. The average Bonchev–Trinajstić information content (AvgIpc) is 2.41. The summed E-state index contributed by atoms with van der Waals surface area (Å²) in [5.74, 6) is -1.00. The highest BCUT2D eigenvalue weighted by Gasteiger charge is 2.33. The van der Waals surface area contributed by atoms with Gasteiger partial charge in [0.15, 0.2) is 0 Å². The number of aromatic nitrogens is 1. The Labute approximate surface area is 121 Å². The molecule has 1 amide bonds. The van der Waals surface area contributed by atoms with E-state index in [2.05, 4.69) is 4.98 Å². The number of carboxylic acid groups (broad SMARTS) is 1. The molecule has 0 spiro atoms. The van der Waals surface area contributed by atoms with Crippen molar-refractivity contribution < 1.29 is 14.7 Å². The highest BCUT2D eigenvalue weighted by atomic mass is 16.4. The maximum atomic E-state index is 12.3. The van der Waals surface area contributed by atoms with Gasteiger partial charge < -0.3 is 15.7 Å². The lowest BCUT2D eigenvalue weighted by molar-refractivity contribution is -0.139. The topological polar surface area (TPSA) is 96.5 Å². The Morgan fingerprint density at radius 3 is 2.76 bits per heavy atom. The number of aliphatic carboxylic acids is 1. The predicted molar refractivity (Wildman–Crippen MR) is 77.8 cm³/mol. The lowest BCUT2D eigenvalue weighted by atomic mass is 9.96. The van der Waals surface area contributed by atoms with Gasteiger partial charge >= 0.3 is 5.97 Å². The fraction of sp³-hybridized carbons (Fsp3) is 0.267. The molecule has 3 rings (SSSR count). The molecule has 0 saturated carbocycles. The van der Waals surface area contributed by atoms with E-state index in [1.54, 1.807) is 11.0 Å². The largest absolute Gasteiger partial charge is 0.481 e. The third-order valence-corrected chi connectivity index (χ3v) is 3.67. The van der Waals surface area contributed by atoms with Crippen molar-refractivity contribution in [3.63, 3.8) is 0 Å². The first-order chi connectivity index (χ1) is 10.0. The standard InChI is InChI=1S/C15H15N3O3/c16-11-6-13(17-12-4-2-1-3-10(11)12)15(21)18-7-9(8-18)5-14(19)20/h1-4,6,9H,5,7-8H2,(H2,16,17)(H,19,20). The summed E-state index contributed by atoms with van der Waals surface area (Å²) >= 11 is 0. The van der Waals surface area contributed by atoms with Crippen molar-refractivity contribution in [2.45, 2.75) is 6.42 Å². The molecule has 2 aromatic rings. The molecule has 108 valence electrons. The monoisotopic (exact) mass is 285 g/mol. The number of hydrogen-bond donors (Lipinski definition) is 2. The Morgan fingerprint density at radius 1 is 1.33 bits per heavy atom. The van der Waals surface area contributed by atoms with Crippen LogP contribution < -0.4 is 5.73 Å². The number of rotatable bonds is 3. The Bertz CT molecular complexity index is 723. The lowest BCUT2D eigenvalue weighted by Crippen LogP contribution is -2.50. The number of carboxylic acids is 1. The molecule has 1 fully saturated rings. The number of pyridine rings is 1. The molecule has 3 N–H and O–H groups in total. The molecule has 1 aromatic heterocycles. The summed E-state index contributed by atoms with van der Waals surface area (Å²) in [5.41, 5.74) is 7.47. The van der Waals surface area contributed by atoms with Gasteiger partial charge in [0.05, 0.1) is 11.9 Å². The molecule has 2 heterocycles. The minimum Gasteiger partial charge on any atom is -0.481 e. The average molecular weight is 285 g/mol. The smallest absolute Gasteiger partial charge is 0.303 e. The summed E-state index contributed by atoms with van der Waals surface area (Å²) in [6, 6.07) is 8.96. The van der Waals surface area contributed by atoms with Crippen LogP contribution in [0.2, 0.25) is 0 Å². The summed E-state index contributed by atoms with van der Waals surface area (Å²) in [7, 11) is 0. The third-order valence-electron chi connectivity index (χ3n) is 3.67. The Hall–Kier alpha value is -2.63. The minimum atomic E-state index is -0.833. The van der Waals surface area contributed by atoms with Gasteiger partial charge in [-0.15, -0.1) is 0 Å². The SMILES string of the molecule is Nc1cc(C(=O)N2CC(CC(=O)O)C2)nc2ccccc12. The highest BCUT2D eigenvalue weighted by molar-refractivity contribution is 5.99. The molecular weight excluding hydrogens is 270 g/mol. The second-order valence-electron chi connectivity index (χ2n) is 5.29. The first-order valence-electron chi connectivity index (χ1n) is 6.71. The van der Waals surface area contributed by atoms with Crippen molar-refractivity contribution in [1.29, 1.82) is 0 Å². The van der Waals surface area contributed by atoms with Crippen LogP contribution in [0.15, 0.2) is 30.3 Å². The van der Waals surface area contributed by atoms with Crippen LogP contribution in [-0.2, 0) is 4.79 Å². The summed E-state index contributed by atoms with van der Waals surface area (Å²) in [5, 5.41) is 9.53. The zero-order valence-corrected chi connectivity index (χ0v) is 11.3. The number of carbonyl (C=O) groups excluding carboxylic acids is 1. The number of carbonyl (C=O) groups is 2. The minimum absolute atomic E-state index is 0.0317. The molecular formula is C15H15N3O3. The number of nitrogens with zero attached hydrogens (tertiary/aromatic N) is 2. The van der Waals surface area contributed by atoms with Crippen LogP contribution in [0, 0.1) is 5.92 Å². The Morgan fingerprint density at radius 2 is 2.05 bits per heavy atom. The van der Waals surface area contributed by atoms with Crippen molar-refractivity contribution in [2.24, 2.45) is 5.92 Å². The van der Waals surface area contributed by atoms with Crippen LogP contribution in [-0.4, -0.2) is 40.0 Å². The summed E-state index contributed by atoms with van der Waals surface area (Å²) in [6.07, 6.45) is 0.0943. The number of anilines is 1. The van der Waals surface area contributed by atoms with E-state index >= 15 is 0 Å². The Kier molecular flexibility index (Phi) is 3.21. The molecule has 1 aromatic carbocycles. The summed E-state index contributed by atoms with van der Waals surface area (Å²) in [4.78, 5) is 28.9. The van der Waals surface area contributed by atoms with Crippen LogP contribution in [0.5, 0.6) is 0 Å². The number of hydrogen-bond acceptors (Lipinski definition) is 4. The van der Waals surface area contributed by atoms with Gasteiger partial charge in [0, 0.05) is 30.1 Å². The number of para-hydroxylation sites is 1.